The Morgan fingerprint density at radius 3 is 2.75 bits per heavy atom. The number of hydrogen-bond acceptors (Lipinski definition) is 5. The number of rotatable bonds is 5. The zero-order chi connectivity index (χ0) is 17.7. The standard InChI is InChI=1S/C16H21ClN2O5/c1-19(9-10-5-4-6-24-10)16(21)18-13-8-14(22-2)11(7-12(13)17)15(20)23-3/h7-8,10H,4-6,9H2,1-3H3,(H,18,21)/t10-/m1/s1. The van der Waals surface area contributed by atoms with Gasteiger partial charge in [-0.2, -0.15) is 0 Å². The molecule has 1 aromatic rings. The molecule has 1 fully saturated rings. The Balaban J connectivity index is 2.10. The summed E-state index contributed by atoms with van der Waals surface area (Å²) in [5.74, 6) is -0.301. The summed E-state index contributed by atoms with van der Waals surface area (Å²) in [6, 6.07) is 2.58. The number of nitrogens with one attached hydrogen (secondary N) is 1. The molecule has 0 aromatic heterocycles. The van der Waals surface area contributed by atoms with Crippen LogP contribution in [-0.4, -0.2) is 57.4 Å². The van der Waals surface area contributed by atoms with E-state index in [-0.39, 0.29) is 28.5 Å². The summed E-state index contributed by atoms with van der Waals surface area (Å²) in [6.45, 7) is 1.24. The number of hydrogen-bond donors (Lipinski definition) is 1. The van der Waals surface area contributed by atoms with E-state index >= 15 is 0 Å². The van der Waals surface area contributed by atoms with Crippen LogP contribution in [0.2, 0.25) is 5.02 Å². The van der Waals surface area contributed by atoms with Gasteiger partial charge in [-0.1, -0.05) is 11.6 Å². The summed E-state index contributed by atoms with van der Waals surface area (Å²) in [4.78, 5) is 25.5. The summed E-state index contributed by atoms with van der Waals surface area (Å²) in [5.41, 5.74) is 0.543. The number of nitrogens with zero attached hydrogens (tertiary/aromatic N) is 1. The molecule has 1 aliphatic heterocycles. The van der Waals surface area contributed by atoms with Gasteiger partial charge >= 0.3 is 12.0 Å². The lowest BCUT2D eigenvalue weighted by Crippen LogP contribution is -2.37. The topological polar surface area (TPSA) is 77.1 Å². The van der Waals surface area contributed by atoms with E-state index in [4.69, 9.17) is 21.1 Å². The lowest BCUT2D eigenvalue weighted by molar-refractivity contribution is 0.0597. The van der Waals surface area contributed by atoms with E-state index in [9.17, 15) is 9.59 Å². The molecule has 0 aliphatic carbocycles. The number of methoxy groups -OCH3 is 2. The first kappa shape index (κ1) is 18.4. The number of ether oxygens (including phenoxy) is 3. The van der Waals surface area contributed by atoms with Crippen molar-refractivity contribution in [3.05, 3.63) is 22.7 Å². The molecule has 1 saturated heterocycles. The van der Waals surface area contributed by atoms with Gasteiger partial charge < -0.3 is 24.4 Å². The molecule has 0 radical (unpaired) electrons. The predicted octanol–water partition coefficient (Wildman–Crippen LogP) is 2.78. The minimum atomic E-state index is -0.567. The fraction of sp³-hybridized carbons (Fsp3) is 0.500. The second kappa shape index (κ2) is 8.21. The van der Waals surface area contributed by atoms with Crippen molar-refractivity contribution in [2.45, 2.75) is 18.9 Å². The van der Waals surface area contributed by atoms with Gasteiger partial charge in [0.2, 0.25) is 0 Å². The number of likely N-dealkylation sites (N-methyl/N-ethyl adjacent to an activating group) is 1. The Hall–Kier alpha value is -1.99. The van der Waals surface area contributed by atoms with Crippen LogP contribution in [0.4, 0.5) is 10.5 Å². The van der Waals surface area contributed by atoms with Crippen LogP contribution in [0.3, 0.4) is 0 Å². The van der Waals surface area contributed by atoms with Crippen molar-refractivity contribution in [1.29, 1.82) is 0 Å². The number of anilines is 1. The minimum Gasteiger partial charge on any atom is -0.496 e. The fourth-order valence-corrected chi connectivity index (χ4v) is 2.69. The molecule has 1 aliphatic rings. The molecule has 8 heteroatoms. The van der Waals surface area contributed by atoms with Crippen LogP contribution >= 0.6 is 11.6 Å². The molecule has 1 N–H and O–H groups in total. The summed E-state index contributed by atoms with van der Waals surface area (Å²) in [6.07, 6.45) is 2.02. The zero-order valence-electron chi connectivity index (χ0n) is 13.9. The van der Waals surface area contributed by atoms with E-state index in [0.717, 1.165) is 19.4 Å². The molecule has 1 aromatic carbocycles. The maximum absolute atomic E-state index is 12.3. The normalized spacial score (nSPS) is 16.6. The number of urea groups is 1. The van der Waals surface area contributed by atoms with Crippen molar-refractivity contribution < 1.29 is 23.8 Å². The molecular formula is C16H21ClN2O5. The molecule has 0 spiro atoms. The van der Waals surface area contributed by atoms with Crippen LogP contribution in [0.25, 0.3) is 0 Å². The molecule has 1 atom stereocenters. The Bertz CT molecular complexity index is 617. The van der Waals surface area contributed by atoms with Crippen LogP contribution in [0.5, 0.6) is 5.75 Å². The van der Waals surface area contributed by atoms with Gasteiger partial charge in [0.1, 0.15) is 11.3 Å². The van der Waals surface area contributed by atoms with Crippen LogP contribution in [0.1, 0.15) is 23.2 Å². The number of esters is 1. The van der Waals surface area contributed by atoms with E-state index in [1.54, 1.807) is 7.05 Å². The second-order valence-corrected chi connectivity index (χ2v) is 5.88. The van der Waals surface area contributed by atoms with Crippen molar-refractivity contribution in [2.75, 3.05) is 39.7 Å². The van der Waals surface area contributed by atoms with Gasteiger partial charge in [-0.3, -0.25) is 0 Å². The van der Waals surface area contributed by atoms with Crippen molar-refractivity contribution in [2.24, 2.45) is 0 Å². The largest absolute Gasteiger partial charge is 0.496 e. The number of benzene rings is 1. The molecule has 0 bridgehead atoms. The number of amides is 2. The quantitative estimate of drug-likeness (QED) is 0.821. The van der Waals surface area contributed by atoms with Crippen LogP contribution < -0.4 is 10.1 Å². The van der Waals surface area contributed by atoms with Crippen molar-refractivity contribution in [3.63, 3.8) is 0 Å². The summed E-state index contributed by atoms with van der Waals surface area (Å²) >= 11 is 6.16. The molecule has 7 nitrogen and oxygen atoms in total. The third-order valence-electron chi connectivity index (χ3n) is 3.78. The molecule has 0 saturated carbocycles. The minimum absolute atomic E-state index is 0.0625. The van der Waals surface area contributed by atoms with Crippen LogP contribution in [0.15, 0.2) is 12.1 Å². The Labute approximate surface area is 145 Å². The summed E-state index contributed by atoms with van der Waals surface area (Å²) in [7, 11) is 4.38. The summed E-state index contributed by atoms with van der Waals surface area (Å²) in [5, 5.41) is 2.93. The lowest BCUT2D eigenvalue weighted by atomic mass is 10.1. The van der Waals surface area contributed by atoms with E-state index in [1.807, 2.05) is 0 Å². The van der Waals surface area contributed by atoms with Gasteiger partial charge in [0.05, 0.1) is 31.0 Å². The number of carbonyl (C=O) groups excluding carboxylic acids is 2. The van der Waals surface area contributed by atoms with Crippen molar-refractivity contribution in [1.82, 2.24) is 4.90 Å². The molecule has 132 valence electrons. The van der Waals surface area contributed by atoms with Gasteiger partial charge in [0.15, 0.2) is 0 Å². The van der Waals surface area contributed by atoms with Gasteiger partial charge in [-0.05, 0) is 18.9 Å². The van der Waals surface area contributed by atoms with Gasteiger partial charge in [0, 0.05) is 26.3 Å². The molecule has 1 heterocycles. The Kier molecular flexibility index (Phi) is 6.28. The smallest absolute Gasteiger partial charge is 0.341 e. The van der Waals surface area contributed by atoms with Crippen LogP contribution in [0, 0.1) is 0 Å². The summed E-state index contributed by atoms with van der Waals surface area (Å²) < 4.78 is 15.4. The van der Waals surface area contributed by atoms with Crippen LogP contribution in [-0.2, 0) is 9.47 Å². The molecule has 0 unspecified atom stereocenters. The van der Waals surface area contributed by atoms with E-state index in [1.165, 1.54) is 31.3 Å². The molecule has 24 heavy (non-hydrogen) atoms. The lowest BCUT2D eigenvalue weighted by Gasteiger charge is -2.22. The van der Waals surface area contributed by atoms with Gasteiger partial charge in [0.25, 0.3) is 0 Å². The van der Waals surface area contributed by atoms with Crippen molar-refractivity contribution >= 4 is 29.3 Å². The van der Waals surface area contributed by atoms with E-state index < -0.39 is 5.97 Å². The molecular weight excluding hydrogens is 336 g/mol. The first-order valence-corrected chi connectivity index (χ1v) is 7.93. The second-order valence-electron chi connectivity index (χ2n) is 5.47. The first-order valence-electron chi connectivity index (χ1n) is 7.55. The monoisotopic (exact) mass is 356 g/mol. The predicted molar refractivity (Wildman–Crippen MR) is 90.0 cm³/mol. The highest BCUT2D eigenvalue weighted by molar-refractivity contribution is 6.34. The first-order chi connectivity index (χ1) is 11.5. The highest BCUT2D eigenvalue weighted by Gasteiger charge is 2.22. The van der Waals surface area contributed by atoms with Crippen molar-refractivity contribution in [3.8, 4) is 5.75 Å². The van der Waals surface area contributed by atoms with E-state index in [2.05, 4.69) is 10.1 Å². The average molecular weight is 357 g/mol. The third kappa shape index (κ3) is 4.30. The maximum Gasteiger partial charge on any atom is 0.341 e. The molecule has 2 rings (SSSR count). The average Bonchev–Trinajstić information content (AvgIpc) is 3.08. The van der Waals surface area contributed by atoms with Gasteiger partial charge in [-0.15, -0.1) is 0 Å². The fourth-order valence-electron chi connectivity index (χ4n) is 2.47. The third-order valence-corrected chi connectivity index (χ3v) is 4.10. The zero-order valence-corrected chi connectivity index (χ0v) is 14.7. The van der Waals surface area contributed by atoms with E-state index in [0.29, 0.717) is 12.2 Å². The maximum atomic E-state index is 12.3. The highest BCUT2D eigenvalue weighted by atomic mass is 35.5. The van der Waals surface area contributed by atoms with Gasteiger partial charge in [-0.25, -0.2) is 9.59 Å². The number of halogens is 1. The SMILES string of the molecule is COC(=O)c1cc(Cl)c(NC(=O)N(C)C[C@H]2CCCO2)cc1OC. The Morgan fingerprint density at radius 1 is 1.42 bits per heavy atom. The number of carbonyl (C=O) groups is 2. The molecule has 2 amide bonds. The Morgan fingerprint density at radius 2 is 2.17 bits per heavy atom. The highest BCUT2D eigenvalue weighted by Crippen LogP contribution is 2.31.